The van der Waals surface area contributed by atoms with E-state index in [4.69, 9.17) is 9.47 Å². The van der Waals surface area contributed by atoms with Gasteiger partial charge in [-0.25, -0.2) is 0 Å². The van der Waals surface area contributed by atoms with Gasteiger partial charge in [-0.2, -0.15) is 0 Å². The summed E-state index contributed by atoms with van der Waals surface area (Å²) in [5, 5.41) is 0. The molecule has 22 heavy (non-hydrogen) atoms. The van der Waals surface area contributed by atoms with Crippen LogP contribution >= 0.6 is 11.8 Å². The Bertz CT molecular complexity index is 465. The summed E-state index contributed by atoms with van der Waals surface area (Å²) in [6, 6.07) is 8.63. The summed E-state index contributed by atoms with van der Waals surface area (Å²) in [5.41, 5.74) is 2.34. The van der Waals surface area contributed by atoms with E-state index in [2.05, 4.69) is 51.6 Å². The van der Waals surface area contributed by atoms with Crippen LogP contribution < -0.4 is 0 Å². The van der Waals surface area contributed by atoms with Crippen molar-refractivity contribution in [1.29, 1.82) is 0 Å². The first kappa shape index (κ1) is 19.3. The normalized spacial score (nSPS) is 14.6. The standard InChI is InChI=1S/C19H30O2S/c1-14(2)12-17(20-6)19(4,5)18(21-7)13-22-16-10-8-15(3)9-11-16/h8-11,17-18H,1,12-13H2,2-7H3/t17-,18+/m0/s1. The Labute approximate surface area is 140 Å². The van der Waals surface area contributed by atoms with Crippen LogP contribution in [0.5, 0.6) is 0 Å². The lowest BCUT2D eigenvalue weighted by Crippen LogP contribution is -2.44. The first-order valence-corrected chi connectivity index (χ1v) is 8.69. The van der Waals surface area contributed by atoms with Crippen molar-refractivity contribution < 1.29 is 9.47 Å². The zero-order chi connectivity index (χ0) is 16.8. The number of ether oxygens (including phenoxy) is 2. The Kier molecular flexibility index (Phi) is 7.67. The van der Waals surface area contributed by atoms with E-state index in [1.807, 2.05) is 18.7 Å². The van der Waals surface area contributed by atoms with Crippen molar-refractivity contribution in [2.45, 2.75) is 51.2 Å². The monoisotopic (exact) mass is 322 g/mol. The van der Waals surface area contributed by atoms with Gasteiger partial charge in [0.25, 0.3) is 0 Å². The smallest absolute Gasteiger partial charge is 0.0740 e. The Balaban J connectivity index is 2.75. The highest BCUT2D eigenvalue weighted by atomic mass is 32.2. The number of methoxy groups -OCH3 is 2. The second-order valence-electron chi connectivity index (χ2n) is 6.56. The van der Waals surface area contributed by atoms with Gasteiger partial charge in [0.05, 0.1) is 12.2 Å². The molecule has 0 aromatic heterocycles. The maximum Gasteiger partial charge on any atom is 0.0740 e. The summed E-state index contributed by atoms with van der Waals surface area (Å²) in [6.45, 7) is 12.6. The summed E-state index contributed by atoms with van der Waals surface area (Å²) in [5.74, 6) is 0.905. The molecule has 0 spiro atoms. The molecule has 0 aliphatic carbocycles. The van der Waals surface area contributed by atoms with Crippen LogP contribution in [0.4, 0.5) is 0 Å². The molecule has 0 heterocycles. The van der Waals surface area contributed by atoms with E-state index in [0.29, 0.717) is 0 Å². The fourth-order valence-electron chi connectivity index (χ4n) is 2.57. The van der Waals surface area contributed by atoms with Gasteiger partial charge >= 0.3 is 0 Å². The van der Waals surface area contributed by atoms with Gasteiger partial charge in [-0.15, -0.1) is 18.3 Å². The molecule has 1 rings (SSSR count). The molecule has 0 amide bonds. The summed E-state index contributed by atoms with van der Waals surface area (Å²) in [7, 11) is 3.56. The van der Waals surface area contributed by atoms with E-state index in [1.165, 1.54) is 10.5 Å². The highest BCUT2D eigenvalue weighted by Crippen LogP contribution is 2.35. The van der Waals surface area contributed by atoms with Crippen LogP contribution in [0.1, 0.15) is 32.8 Å². The van der Waals surface area contributed by atoms with Crippen LogP contribution in [-0.2, 0) is 9.47 Å². The van der Waals surface area contributed by atoms with Crippen LogP contribution in [0.3, 0.4) is 0 Å². The Hall–Kier alpha value is -0.770. The molecular formula is C19H30O2S. The fourth-order valence-corrected chi connectivity index (χ4v) is 3.80. The minimum absolute atomic E-state index is 0.0832. The van der Waals surface area contributed by atoms with Gasteiger partial charge in [-0.1, -0.05) is 37.1 Å². The van der Waals surface area contributed by atoms with E-state index in [-0.39, 0.29) is 17.6 Å². The van der Waals surface area contributed by atoms with E-state index >= 15 is 0 Å². The molecule has 3 heteroatoms. The van der Waals surface area contributed by atoms with Crippen LogP contribution in [0.25, 0.3) is 0 Å². The molecule has 0 radical (unpaired) electrons. The predicted molar refractivity (Wildman–Crippen MR) is 96.7 cm³/mol. The maximum absolute atomic E-state index is 5.79. The van der Waals surface area contributed by atoms with Crippen LogP contribution in [-0.4, -0.2) is 32.2 Å². The van der Waals surface area contributed by atoms with Crippen molar-refractivity contribution in [3.63, 3.8) is 0 Å². The molecular weight excluding hydrogens is 292 g/mol. The van der Waals surface area contributed by atoms with Crippen molar-refractivity contribution in [3.8, 4) is 0 Å². The molecule has 2 atom stereocenters. The number of benzene rings is 1. The van der Waals surface area contributed by atoms with Gasteiger partial charge < -0.3 is 9.47 Å². The zero-order valence-corrected chi connectivity index (χ0v) is 15.6. The van der Waals surface area contributed by atoms with Crippen LogP contribution in [0.2, 0.25) is 0 Å². The first-order chi connectivity index (χ1) is 10.3. The predicted octanol–water partition coefficient (Wildman–Crippen LogP) is 5.11. The Morgan fingerprint density at radius 2 is 1.68 bits per heavy atom. The average Bonchev–Trinajstić information content (AvgIpc) is 2.46. The van der Waals surface area contributed by atoms with Gasteiger partial charge in [0, 0.05) is 30.3 Å². The first-order valence-electron chi connectivity index (χ1n) is 7.70. The molecule has 0 aliphatic heterocycles. The molecule has 0 unspecified atom stereocenters. The van der Waals surface area contributed by atoms with Crippen molar-refractivity contribution in [3.05, 3.63) is 42.0 Å². The summed E-state index contributed by atoms with van der Waals surface area (Å²) in [4.78, 5) is 1.28. The van der Waals surface area contributed by atoms with E-state index in [9.17, 15) is 0 Å². The van der Waals surface area contributed by atoms with Crippen molar-refractivity contribution in [1.82, 2.24) is 0 Å². The number of hydrogen-bond acceptors (Lipinski definition) is 3. The number of rotatable bonds is 9. The Morgan fingerprint density at radius 3 is 2.14 bits per heavy atom. The summed E-state index contributed by atoms with van der Waals surface area (Å²) < 4.78 is 11.5. The lowest BCUT2D eigenvalue weighted by Gasteiger charge is -2.39. The van der Waals surface area contributed by atoms with Crippen molar-refractivity contribution >= 4 is 11.8 Å². The van der Waals surface area contributed by atoms with Gasteiger partial charge in [0.1, 0.15) is 0 Å². The molecule has 0 bridgehead atoms. The molecule has 0 aliphatic rings. The quantitative estimate of drug-likeness (QED) is 0.465. The topological polar surface area (TPSA) is 18.5 Å². The highest BCUT2D eigenvalue weighted by molar-refractivity contribution is 7.99. The van der Waals surface area contributed by atoms with Gasteiger partial charge in [0.15, 0.2) is 0 Å². The van der Waals surface area contributed by atoms with Crippen LogP contribution in [0, 0.1) is 12.3 Å². The summed E-state index contributed by atoms with van der Waals surface area (Å²) >= 11 is 1.83. The zero-order valence-electron chi connectivity index (χ0n) is 14.8. The molecule has 124 valence electrons. The molecule has 1 aromatic carbocycles. The van der Waals surface area contributed by atoms with Crippen molar-refractivity contribution in [2.24, 2.45) is 5.41 Å². The molecule has 1 aromatic rings. The minimum atomic E-state index is -0.0832. The summed E-state index contributed by atoms with van der Waals surface area (Å²) in [6.07, 6.45) is 1.08. The average molecular weight is 323 g/mol. The SMILES string of the molecule is C=C(C)C[C@H](OC)C(C)(C)[C@@H](CSc1ccc(C)cc1)OC. The molecule has 0 saturated heterocycles. The highest BCUT2D eigenvalue weighted by Gasteiger charge is 2.37. The van der Waals surface area contributed by atoms with Gasteiger partial charge in [-0.05, 0) is 32.4 Å². The van der Waals surface area contributed by atoms with Gasteiger partial charge in [0.2, 0.25) is 0 Å². The maximum atomic E-state index is 5.79. The molecule has 0 saturated carbocycles. The molecule has 0 N–H and O–H groups in total. The van der Waals surface area contributed by atoms with Crippen LogP contribution in [0.15, 0.2) is 41.3 Å². The lowest BCUT2D eigenvalue weighted by atomic mass is 9.78. The largest absolute Gasteiger partial charge is 0.380 e. The number of hydrogen-bond donors (Lipinski definition) is 0. The second kappa shape index (κ2) is 8.76. The minimum Gasteiger partial charge on any atom is -0.380 e. The van der Waals surface area contributed by atoms with Crippen molar-refractivity contribution in [2.75, 3.05) is 20.0 Å². The number of aryl methyl sites for hydroxylation is 1. The number of thioether (sulfide) groups is 1. The third-order valence-electron chi connectivity index (χ3n) is 4.18. The fraction of sp³-hybridized carbons (Fsp3) is 0.579. The van der Waals surface area contributed by atoms with Gasteiger partial charge in [-0.3, -0.25) is 0 Å². The Morgan fingerprint density at radius 1 is 1.14 bits per heavy atom. The van der Waals surface area contributed by atoms with E-state index < -0.39 is 0 Å². The molecule has 2 nitrogen and oxygen atoms in total. The third kappa shape index (κ3) is 5.45. The van der Waals surface area contributed by atoms with E-state index in [1.54, 1.807) is 14.2 Å². The second-order valence-corrected chi connectivity index (χ2v) is 7.65. The molecule has 0 fully saturated rings. The lowest BCUT2D eigenvalue weighted by molar-refractivity contribution is -0.0733. The third-order valence-corrected chi connectivity index (χ3v) is 5.26. The van der Waals surface area contributed by atoms with E-state index in [0.717, 1.165) is 17.7 Å².